The summed E-state index contributed by atoms with van der Waals surface area (Å²) >= 11 is 0. The zero-order valence-corrected chi connectivity index (χ0v) is 14.1. The maximum absolute atomic E-state index is 13.1. The molecule has 0 heterocycles. The van der Waals surface area contributed by atoms with Crippen LogP contribution in [-0.4, -0.2) is 17.6 Å². The molecule has 9 heteroatoms. The van der Waals surface area contributed by atoms with E-state index in [2.05, 4.69) is 0 Å². The molecule has 1 aromatic rings. The molecule has 0 radical (unpaired) electrons. The number of aryl methyl sites for hydroxylation is 1. The van der Waals surface area contributed by atoms with Gasteiger partial charge >= 0.3 is 18.3 Å². The standard InChI is InChI=1S/C17H21F6NO2/c1-2-10(7-12(9-24)15(25)26)3-4-11-5-6-13(16(18,19)20)8-14(11)17(21,22)23/h5-6,8,10,12H,2-4,7,9,24H2,1H3,(H,25,26). The first kappa shape index (κ1) is 22.3. The minimum Gasteiger partial charge on any atom is -0.481 e. The van der Waals surface area contributed by atoms with Crippen molar-refractivity contribution in [1.82, 2.24) is 0 Å². The summed E-state index contributed by atoms with van der Waals surface area (Å²) in [5, 5.41) is 9.03. The first-order chi connectivity index (χ1) is 11.9. The molecule has 3 nitrogen and oxygen atoms in total. The second-order valence-corrected chi connectivity index (χ2v) is 6.19. The van der Waals surface area contributed by atoms with Crippen molar-refractivity contribution in [3.63, 3.8) is 0 Å². The van der Waals surface area contributed by atoms with Crippen molar-refractivity contribution in [3.05, 3.63) is 34.9 Å². The Balaban J connectivity index is 2.99. The Morgan fingerprint density at radius 3 is 2.19 bits per heavy atom. The lowest BCUT2D eigenvalue weighted by Gasteiger charge is -2.20. The molecule has 0 aliphatic rings. The van der Waals surface area contributed by atoms with Crippen molar-refractivity contribution < 1.29 is 36.2 Å². The summed E-state index contributed by atoms with van der Waals surface area (Å²) in [4.78, 5) is 11.0. The number of aliphatic carboxylic acids is 1. The Bertz CT molecular complexity index is 612. The number of halogens is 6. The van der Waals surface area contributed by atoms with Gasteiger partial charge in [-0.25, -0.2) is 0 Å². The molecule has 3 N–H and O–H groups in total. The van der Waals surface area contributed by atoms with Gasteiger partial charge in [0.2, 0.25) is 0 Å². The highest BCUT2D eigenvalue weighted by Gasteiger charge is 2.38. The number of nitrogens with two attached hydrogens (primary N) is 1. The van der Waals surface area contributed by atoms with Crippen LogP contribution in [0.1, 0.15) is 42.9 Å². The van der Waals surface area contributed by atoms with E-state index in [-0.39, 0.29) is 43.4 Å². The fourth-order valence-electron chi connectivity index (χ4n) is 2.78. The van der Waals surface area contributed by atoms with E-state index in [9.17, 15) is 31.1 Å². The molecule has 0 fully saturated rings. The summed E-state index contributed by atoms with van der Waals surface area (Å²) in [6.07, 6.45) is -8.88. The lowest BCUT2D eigenvalue weighted by molar-refractivity contribution is -0.144. The Labute approximate surface area is 147 Å². The van der Waals surface area contributed by atoms with Gasteiger partial charge in [0.15, 0.2) is 0 Å². The number of carbonyl (C=O) groups is 1. The maximum atomic E-state index is 13.1. The van der Waals surface area contributed by atoms with Crippen LogP contribution in [0.4, 0.5) is 26.3 Å². The van der Waals surface area contributed by atoms with E-state index in [1.165, 1.54) is 0 Å². The quantitative estimate of drug-likeness (QED) is 0.636. The molecule has 148 valence electrons. The Morgan fingerprint density at radius 2 is 1.77 bits per heavy atom. The fraction of sp³-hybridized carbons (Fsp3) is 0.588. The van der Waals surface area contributed by atoms with Crippen LogP contribution in [0.25, 0.3) is 0 Å². The van der Waals surface area contributed by atoms with Crippen molar-refractivity contribution in [2.45, 2.75) is 45.0 Å². The molecule has 26 heavy (non-hydrogen) atoms. The summed E-state index contributed by atoms with van der Waals surface area (Å²) in [7, 11) is 0. The van der Waals surface area contributed by atoms with Gasteiger partial charge in [0.25, 0.3) is 0 Å². The third-order valence-electron chi connectivity index (χ3n) is 4.39. The summed E-state index contributed by atoms with van der Waals surface area (Å²) in [5.41, 5.74) is 2.49. The molecular weight excluding hydrogens is 364 g/mol. The fourth-order valence-corrected chi connectivity index (χ4v) is 2.78. The van der Waals surface area contributed by atoms with E-state index in [1.54, 1.807) is 6.92 Å². The third kappa shape index (κ3) is 6.19. The molecule has 1 aromatic carbocycles. The summed E-state index contributed by atoms with van der Waals surface area (Å²) < 4.78 is 77.4. The van der Waals surface area contributed by atoms with E-state index in [4.69, 9.17) is 10.8 Å². The van der Waals surface area contributed by atoms with Crippen LogP contribution in [0, 0.1) is 11.8 Å². The third-order valence-corrected chi connectivity index (χ3v) is 4.39. The van der Waals surface area contributed by atoms with Gasteiger partial charge in [0.05, 0.1) is 17.0 Å². The van der Waals surface area contributed by atoms with Gasteiger partial charge in [-0.2, -0.15) is 26.3 Å². The van der Waals surface area contributed by atoms with Crippen LogP contribution in [0.15, 0.2) is 18.2 Å². The summed E-state index contributed by atoms with van der Waals surface area (Å²) in [5.74, 6) is -2.06. The highest BCUT2D eigenvalue weighted by atomic mass is 19.4. The summed E-state index contributed by atoms with van der Waals surface area (Å²) in [6.45, 7) is 1.69. The SMILES string of the molecule is CCC(CCc1ccc(C(F)(F)F)cc1C(F)(F)F)CC(CN)C(=O)O. The minimum atomic E-state index is -4.90. The van der Waals surface area contributed by atoms with Crippen molar-refractivity contribution in [2.75, 3.05) is 6.54 Å². The molecule has 0 bridgehead atoms. The molecule has 1 rings (SSSR count). The van der Waals surface area contributed by atoms with Crippen LogP contribution in [0.5, 0.6) is 0 Å². The second-order valence-electron chi connectivity index (χ2n) is 6.19. The van der Waals surface area contributed by atoms with Crippen molar-refractivity contribution in [1.29, 1.82) is 0 Å². The molecular formula is C17H21F6NO2. The predicted molar refractivity (Wildman–Crippen MR) is 83.3 cm³/mol. The second kappa shape index (κ2) is 8.75. The highest BCUT2D eigenvalue weighted by molar-refractivity contribution is 5.70. The molecule has 2 atom stereocenters. The van der Waals surface area contributed by atoms with E-state index < -0.39 is 35.4 Å². The van der Waals surface area contributed by atoms with Crippen LogP contribution in [-0.2, 0) is 23.6 Å². The smallest absolute Gasteiger partial charge is 0.416 e. The molecule has 0 aromatic heterocycles. The molecule has 0 saturated carbocycles. The largest absolute Gasteiger partial charge is 0.481 e. The molecule has 0 aliphatic carbocycles. The first-order valence-corrected chi connectivity index (χ1v) is 8.10. The Kier molecular flexibility index (Phi) is 7.49. The van der Waals surface area contributed by atoms with Crippen molar-refractivity contribution >= 4 is 5.97 Å². The Hall–Kier alpha value is -1.77. The van der Waals surface area contributed by atoms with Gasteiger partial charge in [0, 0.05) is 6.54 Å². The zero-order chi connectivity index (χ0) is 20.1. The van der Waals surface area contributed by atoms with Gasteiger partial charge in [-0.15, -0.1) is 0 Å². The van der Waals surface area contributed by atoms with Crippen molar-refractivity contribution in [3.8, 4) is 0 Å². The molecule has 0 aliphatic heterocycles. The highest BCUT2D eigenvalue weighted by Crippen LogP contribution is 2.38. The lowest BCUT2D eigenvalue weighted by atomic mass is 9.87. The van der Waals surface area contributed by atoms with Gasteiger partial charge < -0.3 is 10.8 Å². The van der Waals surface area contributed by atoms with E-state index >= 15 is 0 Å². The topological polar surface area (TPSA) is 63.3 Å². The van der Waals surface area contributed by atoms with Crippen LogP contribution < -0.4 is 5.73 Å². The van der Waals surface area contributed by atoms with Gasteiger partial charge in [-0.3, -0.25) is 4.79 Å². The van der Waals surface area contributed by atoms with E-state index in [0.717, 1.165) is 6.07 Å². The lowest BCUT2D eigenvalue weighted by Crippen LogP contribution is -2.26. The zero-order valence-electron chi connectivity index (χ0n) is 14.1. The Morgan fingerprint density at radius 1 is 1.15 bits per heavy atom. The first-order valence-electron chi connectivity index (χ1n) is 8.10. The number of hydrogen-bond acceptors (Lipinski definition) is 2. The van der Waals surface area contributed by atoms with E-state index in [0.29, 0.717) is 12.5 Å². The maximum Gasteiger partial charge on any atom is 0.416 e. The van der Waals surface area contributed by atoms with Gasteiger partial charge in [0.1, 0.15) is 0 Å². The van der Waals surface area contributed by atoms with E-state index in [1.807, 2.05) is 0 Å². The van der Waals surface area contributed by atoms with Gasteiger partial charge in [-0.05, 0) is 42.9 Å². The summed E-state index contributed by atoms with van der Waals surface area (Å²) in [6, 6.07) is 1.59. The predicted octanol–water partition coefficient (Wildman–Crippen LogP) is 4.73. The van der Waals surface area contributed by atoms with Crippen LogP contribution >= 0.6 is 0 Å². The number of hydrogen-bond donors (Lipinski definition) is 2. The number of alkyl halides is 6. The molecule has 0 amide bonds. The number of benzene rings is 1. The normalized spacial score (nSPS) is 14.9. The molecule has 0 saturated heterocycles. The van der Waals surface area contributed by atoms with Crippen LogP contribution in [0.3, 0.4) is 0 Å². The van der Waals surface area contributed by atoms with Crippen molar-refractivity contribution in [2.24, 2.45) is 17.6 Å². The average Bonchev–Trinajstić information content (AvgIpc) is 2.52. The molecule has 2 unspecified atom stereocenters. The number of carboxylic acid groups (broad SMARTS) is 1. The molecule has 0 spiro atoms. The van der Waals surface area contributed by atoms with Gasteiger partial charge in [-0.1, -0.05) is 19.4 Å². The minimum absolute atomic E-state index is 0.0834. The number of rotatable bonds is 8. The monoisotopic (exact) mass is 385 g/mol. The number of carboxylic acids is 1. The van der Waals surface area contributed by atoms with Crippen LogP contribution in [0.2, 0.25) is 0 Å². The average molecular weight is 385 g/mol.